The molecule has 0 saturated heterocycles. The van der Waals surface area contributed by atoms with E-state index >= 15 is 0 Å². The fraction of sp³-hybridized carbons (Fsp3) is 0.481. The predicted octanol–water partition coefficient (Wildman–Crippen LogP) is 6.02. The lowest BCUT2D eigenvalue weighted by atomic mass is 10.1. The van der Waals surface area contributed by atoms with Gasteiger partial charge in [0, 0.05) is 17.7 Å². The SMILES string of the molecule is CCCCCCCCCCCCn1nnc(C(NC(=O)c2cccc([N+](=O)[O-])c2)c2ccccc2)n1. The number of carbonyl (C=O) groups is 1. The molecule has 1 atom stereocenters. The van der Waals surface area contributed by atoms with E-state index in [2.05, 4.69) is 27.7 Å². The Hall–Kier alpha value is -3.62. The van der Waals surface area contributed by atoms with Crippen LogP contribution in [0.25, 0.3) is 0 Å². The summed E-state index contributed by atoms with van der Waals surface area (Å²) in [5, 5.41) is 26.9. The van der Waals surface area contributed by atoms with Crippen LogP contribution in [0.2, 0.25) is 0 Å². The molecule has 0 aliphatic rings. The van der Waals surface area contributed by atoms with Crippen LogP contribution < -0.4 is 5.32 Å². The van der Waals surface area contributed by atoms with E-state index in [0.717, 1.165) is 18.4 Å². The first kappa shape index (κ1) is 27.0. The van der Waals surface area contributed by atoms with Gasteiger partial charge in [-0.05, 0) is 23.3 Å². The number of amides is 1. The highest BCUT2D eigenvalue weighted by molar-refractivity contribution is 5.95. The van der Waals surface area contributed by atoms with Crippen molar-refractivity contribution >= 4 is 11.6 Å². The van der Waals surface area contributed by atoms with Crippen LogP contribution in [0.15, 0.2) is 54.6 Å². The van der Waals surface area contributed by atoms with Gasteiger partial charge in [0.15, 0.2) is 0 Å². The smallest absolute Gasteiger partial charge is 0.270 e. The lowest BCUT2D eigenvalue weighted by molar-refractivity contribution is -0.384. The molecule has 2 aromatic carbocycles. The zero-order valence-electron chi connectivity index (χ0n) is 21.0. The van der Waals surface area contributed by atoms with Crippen LogP contribution in [0, 0.1) is 10.1 Å². The third-order valence-electron chi connectivity index (χ3n) is 6.17. The Kier molecular flexibility index (Phi) is 11.0. The van der Waals surface area contributed by atoms with Gasteiger partial charge < -0.3 is 5.32 Å². The third-order valence-corrected chi connectivity index (χ3v) is 6.17. The van der Waals surface area contributed by atoms with Crippen LogP contribution in [-0.2, 0) is 6.54 Å². The largest absolute Gasteiger partial charge is 0.338 e. The summed E-state index contributed by atoms with van der Waals surface area (Å²) in [7, 11) is 0. The summed E-state index contributed by atoms with van der Waals surface area (Å²) >= 11 is 0. The summed E-state index contributed by atoms with van der Waals surface area (Å²) < 4.78 is 0. The van der Waals surface area contributed by atoms with Crippen LogP contribution in [-0.4, -0.2) is 31.0 Å². The zero-order chi connectivity index (χ0) is 25.6. The minimum Gasteiger partial charge on any atom is -0.338 e. The molecule has 3 aromatic rings. The first-order valence-electron chi connectivity index (χ1n) is 13.0. The summed E-state index contributed by atoms with van der Waals surface area (Å²) in [6.45, 7) is 2.91. The van der Waals surface area contributed by atoms with Crippen LogP contribution in [0.5, 0.6) is 0 Å². The predicted molar refractivity (Wildman–Crippen MR) is 139 cm³/mol. The van der Waals surface area contributed by atoms with Gasteiger partial charge in [-0.15, -0.1) is 10.2 Å². The minimum absolute atomic E-state index is 0.139. The van der Waals surface area contributed by atoms with Crippen molar-refractivity contribution in [1.82, 2.24) is 25.5 Å². The van der Waals surface area contributed by atoms with Gasteiger partial charge in [0.2, 0.25) is 5.82 Å². The second-order valence-corrected chi connectivity index (χ2v) is 9.05. The van der Waals surface area contributed by atoms with Gasteiger partial charge in [0.05, 0.1) is 11.5 Å². The molecule has 9 nitrogen and oxygen atoms in total. The Balaban J connectivity index is 1.55. The van der Waals surface area contributed by atoms with Gasteiger partial charge in [-0.25, -0.2) is 0 Å². The number of benzene rings is 2. The highest BCUT2D eigenvalue weighted by Crippen LogP contribution is 2.20. The van der Waals surface area contributed by atoms with Crippen LogP contribution in [0.1, 0.15) is 98.9 Å². The molecule has 3 rings (SSSR count). The number of nitro groups is 1. The molecule has 0 bridgehead atoms. The molecule has 192 valence electrons. The van der Waals surface area contributed by atoms with Gasteiger partial charge in [0.25, 0.3) is 11.6 Å². The first-order chi connectivity index (χ1) is 17.6. The van der Waals surface area contributed by atoms with Crippen molar-refractivity contribution in [2.75, 3.05) is 0 Å². The number of hydrogen-bond donors (Lipinski definition) is 1. The molecule has 36 heavy (non-hydrogen) atoms. The van der Waals surface area contributed by atoms with E-state index in [1.165, 1.54) is 69.6 Å². The number of nitro benzene ring substituents is 1. The van der Waals surface area contributed by atoms with Crippen molar-refractivity contribution in [2.45, 2.75) is 83.7 Å². The van der Waals surface area contributed by atoms with Crippen molar-refractivity contribution in [2.24, 2.45) is 0 Å². The van der Waals surface area contributed by atoms with Gasteiger partial charge in [-0.1, -0.05) is 101 Å². The number of hydrogen-bond acceptors (Lipinski definition) is 6. The fourth-order valence-corrected chi connectivity index (χ4v) is 4.12. The second kappa shape index (κ2) is 14.7. The Bertz CT molecular complexity index is 1090. The Morgan fingerprint density at radius 3 is 2.28 bits per heavy atom. The van der Waals surface area contributed by atoms with E-state index in [9.17, 15) is 14.9 Å². The second-order valence-electron chi connectivity index (χ2n) is 9.05. The molecule has 1 aromatic heterocycles. The van der Waals surface area contributed by atoms with Crippen LogP contribution in [0.3, 0.4) is 0 Å². The first-order valence-corrected chi connectivity index (χ1v) is 13.0. The summed E-state index contributed by atoms with van der Waals surface area (Å²) in [5.41, 5.74) is 0.858. The molecule has 0 aliphatic heterocycles. The van der Waals surface area contributed by atoms with Crippen molar-refractivity contribution in [1.29, 1.82) is 0 Å². The number of carbonyl (C=O) groups excluding carboxylic acids is 1. The molecule has 1 N–H and O–H groups in total. The van der Waals surface area contributed by atoms with E-state index in [1.807, 2.05) is 30.3 Å². The van der Waals surface area contributed by atoms with Gasteiger partial charge in [-0.2, -0.15) is 4.80 Å². The molecule has 0 aliphatic carbocycles. The maximum Gasteiger partial charge on any atom is 0.270 e. The topological polar surface area (TPSA) is 116 Å². The molecule has 1 amide bonds. The van der Waals surface area contributed by atoms with E-state index in [4.69, 9.17) is 0 Å². The average molecular weight is 493 g/mol. The number of unbranched alkanes of at least 4 members (excludes halogenated alkanes) is 9. The lowest BCUT2D eigenvalue weighted by Crippen LogP contribution is -2.30. The van der Waals surface area contributed by atoms with Crippen molar-refractivity contribution in [3.8, 4) is 0 Å². The monoisotopic (exact) mass is 492 g/mol. The summed E-state index contributed by atoms with van der Waals surface area (Å²) in [6.07, 6.45) is 12.5. The van der Waals surface area contributed by atoms with Crippen molar-refractivity contribution in [3.63, 3.8) is 0 Å². The number of tetrazole rings is 1. The molecule has 0 radical (unpaired) electrons. The van der Waals surface area contributed by atoms with Crippen molar-refractivity contribution < 1.29 is 9.72 Å². The third kappa shape index (κ3) is 8.55. The summed E-state index contributed by atoms with van der Waals surface area (Å²) in [4.78, 5) is 25.1. The molecular formula is C27H36N6O3. The van der Waals surface area contributed by atoms with Crippen LogP contribution in [0.4, 0.5) is 5.69 Å². The fourth-order valence-electron chi connectivity index (χ4n) is 4.12. The van der Waals surface area contributed by atoms with Gasteiger partial charge in [0.1, 0.15) is 6.04 Å². The quantitative estimate of drug-likeness (QED) is 0.148. The van der Waals surface area contributed by atoms with Gasteiger partial charge >= 0.3 is 0 Å². The Morgan fingerprint density at radius 2 is 1.61 bits per heavy atom. The van der Waals surface area contributed by atoms with Crippen LogP contribution >= 0.6 is 0 Å². The molecule has 0 saturated carbocycles. The van der Waals surface area contributed by atoms with E-state index in [1.54, 1.807) is 10.9 Å². The number of non-ortho nitro benzene ring substituents is 1. The Labute approximate surface area is 212 Å². The number of nitrogens with zero attached hydrogens (tertiary/aromatic N) is 5. The maximum atomic E-state index is 12.9. The zero-order valence-corrected chi connectivity index (χ0v) is 21.0. The number of nitrogens with one attached hydrogen (secondary N) is 1. The van der Waals surface area contributed by atoms with Crippen molar-refractivity contribution in [3.05, 3.63) is 81.7 Å². The van der Waals surface area contributed by atoms with E-state index < -0.39 is 16.9 Å². The highest BCUT2D eigenvalue weighted by atomic mass is 16.6. The standard InChI is InChI=1S/C27H36N6O3/c1-2-3-4-5-6-7-8-9-10-14-20-32-30-26(29-31-32)25(22-16-12-11-13-17-22)28-27(34)23-18-15-19-24(21-23)33(35)36/h11-13,15-19,21,25H,2-10,14,20H2,1H3,(H,28,34). The average Bonchev–Trinajstić information content (AvgIpc) is 3.37. The van der Waals surface area contributed by atoms with Gasteiger partial charge in [-0.3, -0.25) is 14.9 Å². The molecular weight excluding hydrogens is 456 g/mol. The highest BCUT2D eigenvalue weighted by Gasteiger charge is 2.23. The van der Waals surface area contributed by atoms with E-state index in [-0.39, 0.29) is 11.3 Å². The maximum absolute atomic E-state index is 12.9. The molecule has 0 fully saturated rings. The number of aromatic nitrogens is 4. The Morgan fingerprint density at radius 1 is 0.944 bits per heavy atom. The van der Waals surface area contributed by atoms with E-state index in [0.29, 0.717) is 12.4 Å². The number of rotatable bonds is 16. The molecule has 9 heteroatoms. The molecule has 1 heterocycles. The molecule has 0 spiro atoms. The lowest BCUT2D eigenvalue weighted by Gasteiger charge is -2.16. The molecule has 1 unspecified atom stereocenters. The normalized spacial score (nSPS) is 11.8. The minimum atomic E-state index is -0.626. The summed E-state index contributed by atoms with van der Waals surface area (Å²) in [6, 6.07) is 14.4. The summed E-state index contributed by atoms with van der Waals surface area (Å²) in [5.74, 6) is -0.0642. The number of aryl methyl sites for hydroxylation is 1.